The molecule has 3 heterocycles. The summed E-state index contributed by atoms with van der Waals surface area (Å²) in [5, 5.41) is 11.2. The van der Waals surface area contributed by atoms with Gasteiger partial charge in [0, 0.05) is 36.3 Å². The lowest BCUT2D eigenvalue weighted by molar-refractivity contribution is -0.116. The SMILES string of the molecule is O=C1CCc2cc(S(=O)(=O)Nc3cccc(-c4nnc5n4CCC5)c3)ccc2N1. The van der Waals surface area contributed by atoms with E-state index < -0.39 is 10.0 Å². The van der Waals surface area contributed by atoms with Gasteiger partial charge in [0.25, 0.3) is 10.0 Å². The van der Waals surface area contributed by atoms with E-state index in [1.165, 1.54) is 6.07 Å². The smallest absolute Gasteiger partial charge is 0.261 e. The number of aromatic nitrogens is 3. The van der Waals surface area contributed by atoms with Gasteiger partial charge in [-0.3, -0.25) is 9.52 Å². The number of carbonyl (C=O) groups is 1. The average Bonchev–Trinajstić information content (AvgIpc) is 3.31. The molecule has 0 spiro atoms. The molecular weight excluding hydrogens is 390 g/mol. The van der Waals surface area contributed by atoms with Gasteiger partial charge in [-0.15, -0.1) is 10.2 Å². The summed E-state index contributed by atoms with van der Waals surface area (Å²) >= 11 is 0. The Morgan fingerprint density at radius 2 is 1.93 bits per heavy atom. The van der Waals surface area contributed by atoms with Crippen molar-refractivity contribution in [2.45, 2.75) is 37.1 Å². The Kier molecular flexibility index (Phi) is 4.13. The highest BCUT2D eigenvalue weighted by atomic mass is 32.2. The maximum absolute atomic E-state index is 12.9. The zero-order chi connectivity index (χ0) is 20.0. The molecule has 3 aromatic rings. The third-order valence-electron chi connectivity index (χ3n) is 5.26. The maximum atomic E-state index is 12.9. The molecule has 5 rings (SSSR count). The number of aryl methyl sites for hydroxylation is 2. The van der Waals surface area contributed by atoms with Crippen molar-refractivity contribution < 1.29 is 13.2 Å². The minimum atomic E-state index is -3.76. The number of hydrogen-bond donors (Lipinski definition) is 2. The number of amides is 1. The molecule has 0 atom stereocenters. The standard InChI is InChI=1S/C20H19N5O3S/c26-19-9-6-13-12-16(7-8-17(13)21-19)29(27,28)24-15-4-1-3-14(11-15)20-23-22-18-5-2-10-25(18)20/h1,3-4,7-8,11-12,24H,2,5-6,9-10H2,(H,21,26). The molecule has 2 aliphatic rings. The molecule has 0 saturated heterocycles. The van der Waals surface area contributed by atoms with Crippen molar-refractivity contribution in [2.24, 2.45) is 0 Å². The second-order valence-electron chi connectivity index (χ2n) is 7.25. The molecule has 9 heteroatoms. The molecule has 2 aromatic carbocycles. The average molecular weight is 409 g/mol. The molecule has 148 valence electrons. The normalized spacial score (nSPS) is 15.5. The van der Waals surface area contributed by atoms with Crippen LogP contribution in [0, 0.1) is 0 Å². The Hall–Kier alpha value is -3.20. The van der Waals surface area contributed by atoms with E-state index in [2.05, 4.69) is 24.8 Å². The van der Waals surface area contributed by atoms with Crippen molar-refractivity contribution in [3.63, 3.8) is 0 Å². The van der Waals surface area contributed by atoms with Gasteiger partial charge in [-0.25, -0.2) is 8.42 Å². The van der Waals surface area contributed by atoms with Crippen molar-refractivity contribution in [3.8, 4) is 11.4 Å². The van der Waals surface area contributed by atoms with Crippen molar-refractivity contribution in [2.75, 3.05) is 10.0 Å². The van der Waals surface area contributed by atoms with Crippen LogP contribution in [0.3, 0.4) is 0 Å². The molecule has 8 nitrogen and oxygen atoms in total. The molecule has 1 amide bonds. The van der Waals surface area contributed by atoms with Crippen molar-refractivity contribution in [3.05, 3.63) is 53.9 Å². The number of anilines is 2. The van der Waals surface area contributed by atoms with E-state index in [-0.39, 0.29) is 10.8 Å². The predicted molar refractivity (Wildman–Crippen MR) is 108 cm³/mol. The van der Waals surface area contributed by atoms with E-state index in [0.29, 0.717) is 24.2 Å². The number of nitrogens with one attached hydrogen (secondary N) is 2. The van der Waals surface area contributed by atoms with Crippen LogP contribution in [-0.2, 0) is 34.2 Å². The van der Waals surface area contributed by atoms with Crippen LogP contribution >= 0.6 is 0 Å². The van der Waals surface area contributed by atoms with Gasteiger partial charge in [-0.2, -0.15) is 0 Å². The molecule has 2 N–H and O–H groups in total. The summed E-state index contributed by atoms with van der Waals surface area (Å²) in [6.45, 7) is 0.874. The molecule has 1 aromatic heterocycles. The van der Waals surface area contributed by atoms with Crippen molar-refractivity contribution >= 4 is 27.3 Å². The summed E-state index contributed by atoms with van der Waals surface area (Å²) in [5.74, 6) is 1.67. The van der Waals surface area contributed by atoms with Gasteiger partial charge in [0.15, 0.2) is 5.82 Å². The fourth-order valence-electron chi connectivity index (χ4n) is 3.83. The Morgan fingerprint density at radius 3 is 2.83 bits per heavy atom. The highest BCUT2D eigenvalue weighted by Gasteiger charge is 2.21. The summed E-state index contributed by atoms with van der Waals surface area (Å²) in [4.78, 5) is 11.7. The van der Waals surface area contributed by atoms with E-state index in [0.717, 1.165) is 42.2 Å². The van der Waals surface area contributed by atoms with Gasteiger partial charge < -0.3 is 9.88 Å². The van der Waals surface area contributed by atoms with Crippen LogP contribution in [0.15, 0.2) is 47.4 Å². The Balaban J connectivity index is 1.43. The van der Waals surface area contributed by atoms with Crippen LogP contribution in [-0.4, -0.2) is 29.1 Å². The number of fused-ring (bicyclic) bond motifs is 2. The van der Waals surface area contributed by atoms with Crippen LogP contribution in [0.1, 0.15) is 24.2 Å². The van der Waals surface area contributed by atoms with E-state index >= 15 is 0 Å². The van der Waals surface area contributed by atoms with Crippen LogP contribution in [0.4, 0.5) is 11.4 Å². The zero-order valence-corrected chi connectivity index (χ0v) is 16.4. The molecule has 0 fully saturated rings. The summed E-state index contributed by atoms with van der Waals surface area (Å²) in [7, 11) is -3.76. The topological polar surface area (TPSA) is 106 Å². The quantitative estimate of drug-likeness (QED) is 0.689. The molecular formula is C20H19N5O3S. The highest BCUT2D eigenvalue weighted by molar-refractivity contribution is 7.92. The minimum Gasteiger partial charge on any atom is -0.326 e. The first-order valence-corrected chi connectivity index (χ1v) is 11.0. The molecule has 0 unspecified atom stereocenters. The van der Waals surface area contributed by atoms with Crippen LogP contribution < -0.4 is 10.0 Å². The zero-order valence-electron chi connectivity index (χ0n) is 15.6. The van der Waals surface area contributed by atoms with E-state index in [1.807, 2.05) is 6.07 Å². The molecule has 0 radical (unpaired) electrons. The fourth-order valence-corrected chi connectivity index (χ4v) is 4.93. The molecule has 0 bridgehead atoms. The molecule has 2 aliphatic heterocycles. The number of hydrogen-bond acceptors (Lipinski definition) is 5. The lowest BCUT2D eigenvalue weighted by Gasteiger charge is -2.18. The summed E-state index contributed by atoms with van der Waals surface area (Å²) < 4.78 is 30.5. The molecule has 0 aliphatic carbocycles. The summed E-state index contributed by atoms with van der Waals surface area (Å²) in [6, 6.07) is 11.9. The van der Waals surface area contributed by atoms with Gasteiger partial charge in [0.2, 0.25) is 5.91 Å². The monoisotopic (exact) mass is 409 g/mol. The van der Waals surface area contributed by atoms with Gasteiger partial charge in [-0.1, -0.05) is 12.1 Å². The van der Waals surface area contributed by atoms with Gasteiger partial charge in [0.1, 0.15) is 5.82 Å². The Morgan fingerprint density at radius 1 is 1.03 bits per heavy atom. The number of carbonyl (C=O) groups excluding carboxylic acids is 1. The number of sulfonamides is 1. The number of benzene rings is 2. The second kappa shape index (κ2) is 6.70. The second-order valence-corrected chi connectivity index (χ2v) is 8.93. The van der Waals surface area contributed by atoms with Crippen LogP contribution in [0.5, 0.6) is 0 Å². The van der Waals surface area contributed by atoms with Crippen molar-refractivity contribution in [1.82, 2.24) is 14.8 Å². The first-order valence-electron chi connectivity index (χ1n) is 9.48. The summed E-state index contributed by atoms with van der Waals surface area (Å²) in [5.41, 5.74) is 2.77. The fraction of sp³-hybridized carbons (Fsp3) is 0.250. The van der Waals surface area contributed by atoms with Crippen molar-refractivity contribution in [1.29, 1.82) is 0 Å². The molecule has 29 heavy (non-hydrogen) atoms. The van der Waals surface area contributed by atoms with Crippen LogP contribution in [0.2, 0.25) is 0 Å². The van der Waals surface area contributed by atoms with E-state index in [4.69, 9.17) is 0 Å². The van der Waals surface area contributed by atoms with Crippen LogP contribution in [0.25, 0.3) is 11.4 Å². The highest BCUT2D eigenvalue weighted by Crippen LogP contribution is 2.28. The lowest BCUT2D eigenvalue weighted by atomic mass is 10.0. The maximum Gasteiger partial charge on any atom is 0.261 e. The van der Waals surface area contributed by atoms with E-state index in [1.54, 1.807) is 30.3 Å². The Labute approximate surface area is 168 Å². The lowest BCUT2D eigenvalue weighted by Crippen LogP contribution is -2.20. The van der Waals surface area contributed by atoms with Gasteiger partial charge in [-0.05, 0) is 48.7 Å². The third-order valence-corrected chi connectivity index (χ3v) is 6.64. The number of rotatable bonds is 4. The van der Waals surface area contributed by atoms with Gasteiger partial charge >= 0.3 is 0 Å². The first-order chi connectivity index (χ1) is 14.0. The van der Waals surface area contributed by atoms with E-state index in [9.17, 15) is 13.2 Å². The number of nitrogens with zero attached hydrogens (tertiary/aromatic N) is 3. The van der Waals surface area contributed by atoms with Gasteiger partial charge in [0.05, 0.1) is 4.90 Å². The predicted octanol–water partition coefficient (Wildman–Crippen LogP) is 2.58. The minimum absolute atomic E-state index is 0.0528. The molecule has 0 saturated carbocycles. The largest absolute Gasteiger partial charge is 0.326 e. The first kappa shape index (κ1) is 17.9. The Bertz CT molecular complexity index is 1230. The third kappa shape index (κ3) is 3.27. The summed E-state index contributed by atoms with van der Waals surface area (Å²) in [6.07, 6.45) is 2.84.